The molecule has 0 aliphatic carbocycles. The summed E-state index contributed by atoms with van der Waals surface area (Å²) in [5, 5.41) is 0. The van der Waals surface area contributed by atoms with Crippen LogP contribution in [-0.4, -0.2) is 44.1 Å². The topological polar surface area (TPSA) is 66.5 Å². The number of nitrogens with zero attached hydrogens (tertiary/aromatic N) is 1. The summed E-state index contributed by atoms with van der Waals surface area (Å²) >= 11 is 0. The van der Waals surface area contributed by atoms with Crippen LogP contribution < -0.4 is 4.72 Å². The van der Waals surface area contributed by atoms with Crippen molar-refractivity contribution in [1.82, 2.24) is 9.62 Å². The molecule has 0 radical (unpaired) electrons. The zero-order valence-electron chi connectivity index (χ0n) is 13.0. The van der Waals surface area contributed by atoms with Crippen molar-refractivity contribution < 1.29 is 13.2 Å². The van der Waals surface area contributed by atoms with Crippen molar-refractivity contribution in [3.63, 3.8) is 0 Å². The molecule has 122 valence electrons. The molecule has 1 aliphatic heterocycles. The van der Waals surface area contributed by atoms with Gasteiger partial charge in [-0.2, -0.15) is 0 Å². The molecule has 2 rings (SSSR count). The van der Waals surface area contributed by atoms with Gasteiger partial charge in [-0.3, -0.25) is 4.79 Å². The van der Waals surface area contributed by atoms with Gasteiger partial charge in [-0.25, -0.2) is 13.1 Å². The van der Waals surface area contributed by atoms with Gasteiger partial charge >= 0.3 is 0 Å². The van der Waals surface area contributed by atoms with Crippen molar-refractivity contribution in [3.05, 3.63) is 35.9 Å². The number of carbonyl (C=O) groups is 1. The molecule has 1 fully saturated rings. The van der Waals surface area contributed by atoms with Crippen LogP contribution in [0.2, 0.25) is 0 Å². The van der Waals surface area contributed by atoms with Crippen LogP contribution in [0.25, 0.3) is 0 Å². The van der Waals surface area contributed by atoms with E-state index in [4.69, 9.17) is 0 Å². The van der Waals surface area contributed by atoms with E-state index in [2.05, 4.69) is 4.72 Å². The van der Waals surface area contributed by atoms with E-state index in [1.54, 1.807) is 4.90 Å². The van der Waals surface area contributed by atoms with E-state index >= 15 is 0 Å². The summed E-state index contributed by atoms with van der Waals surface area (Å²) in [5.41, 5.74) is 0.958. The first-order chi connectivity index (χ1) is 10.5. The minimum absolute atomic E-state index is 0.0472. The van der Waals surface area contributed by atoms with Crippen LogP contribution in [0.3, 0.4) is 0 Å². The van der Waals surface area contributed by atoms with Crippen molar-refractivity contribution in [2.24, 2.45) is 0 Å². The first-order valence-corrected chi connectivity index (χ1v) is 9.50. The van der Waals surface area contributed by atoms with Crippen LogP contribution in [0.15, 0.2) is 30.3 Å². The van der Waals surface area contributed by atoms with Crippen molar-refractivity contribution >= 4 is 15.9 Å². The summed E-state index contributed by atoms with van der Waals surface area (Å²) in [5.74, 6) is -0.0630. The maximum absolute atomic E-state index is 12.6. The lowest BCUT2D eigenvalue weighted by Crippen LogP contribution is -2.49. The van der Waals surface area contributed by atoms with Gasteiger partial charge in [-0.15, -0.1) is 0 Å². The molecule has 1 saturated heterocycles. The lowest BCUT2D eigenvalue weighted by molar-refractivity contribution is -0.131. The Morgan fingerprint density at radius 1 is 1.23 bits per heavy atom. The summed E-state index contributed by atoms with van der Waals surface area (Å²) in [7, 11) is -3.42. The Morgan fingerprint density at radius 2 is 1.86 bits per heavy atom. The van der Waals surface area contributed by atoms with Gasteiger partial charge in [0.2, 0.25) is 15.9 Å². The number of hydrogen-bond acceptors (Lipinski definition) is 3. The van der Waals surface area contributed by atoms with Crippen LogP contribution >= 0.6 is 0 Å². The Morgan fingerprint density at radius 3 is 2.45 bits per heavy atom. The van der Waals surface area contributed by atoms with Crippen molar-refractivity contribution in [3.8, 4) is 0 Å². The highest BCUT2D eigenvalue weighted by Crippen LogP contribution is 2.13. The molecule has 1 aromatic carbocycles. The van der Waals surface area contributed by atoms with E-state index in [0.717, 1.165) is 31.5 Å². The maximum Gasteiger partial charge on any atom is 0.241 e. The zero-order chi connectivity index (χ0) is 16.0. The van der Waals surface area contributed by atoms with Crippen molar-refractivity contribution in [2.75, 3.05) is 18.8 Å². The number of sulfonamides is 1. The van der Waals surface area contributed by atoms with E-state index in [0.29, 0.717) is 12.8 Å². The number of amides is 1. The molecular formula is C16H24N2O3S. The molecule has 1 aliphatic rings. The summed E-state index contributed by atoms with van der Waals surface area (Å²) in [6, 6.07) is 8.82. The second kappa shape index (κ2) is 7.74. The Hall–Kier alpha value is -1.40. The van der Waals surface area contributed by atoms with Gasteiger partial charge in [0, 0.05) is 13.1 Å². The summed E-state index contributed by atoms with van der Waals surface area (Å²) in [6.45, 7) is 3.26. The van der Waals surface area contributed by atoms with Crippen LogP contribution in [-0.2, 0) is 21.2 Å². The molecule has 0 unspecified atom stereocenters. The average Bonchev–Trinajstić information content (AvgIpc) is 3.00. The second-order valence-corrected chi connectivity index (χ2v) is 7.58. The Kier molecular flexibility index (Phi) is 5.97. The molecule has 6 heteroatoms. The van der Waals surface area contributed by atoms with Gasteiger partial charge < -0.3 is 4.90 Å². The Labute approximate surface area is 132 Å². The highest BCUT2D eigenvalue weighted by atomic mass is 32.2. The Balaban J connectivity index is 2.14. The molecule has 0 bridgehead atoms. The molecule has 1 aromatic rings. The molecule has 0 spiro atoms. The van der Waals surface area contributed by atoms with Crippen molar-refractivity contribution in [2.45, 2.75) is 38.6 Å². The fraction of sp³-hybridized carbons (Fsp3) is 0.562. The SMILES string of the molecule is CCCS(=O)(=O)N[C@@H](Cc1ccccc1)C(=O)N1CCCC1. The van der Waals surface area contributed by atoms with Crippen molar-refractivity contribution in [1.29, 1.82) is 0 Å². The summed E-state index contributed by atoms with van der Waals surface area (Å²) < 4.78 is 26.7. The number of hydrogen-bond donors (Lipinski definition) is 1. The van der Waals surface area contributed by atoms with Gasteiger partial charge in [-0.05, 0) is 31.2 Å². The quantitative estimate of drug-likeness (QED) is 0.827. The highest BCUT2D eigenvalue weighted by molar-refractivity contribution is 7.89. The fourth-order valence-electron chi connectivity index (χ4n) is 2.73. The van der Waals surface area contributed by atoms with Crippen LogP contribution in [0.4, 0.5) is 0 Å². The third-order valence-electron chi connectivity index (χ3n) is 3.79. The monoisotopic (exact) mass is 324 g/mol. The molecular weight excluding hydrogens is 300 g/mol. The molecule has 0 saturated carbocycles. The molecule has 1 N–H and O–H groups in total. The third-order valence-corrected chi connectivity index (χ3v) is 5.38. The second-order valence-electron chi connectivity index (χ2n) is 5.71. The van der Waals surface area contributed by atoms with E-state index in [9.17, 15) is 13.2 Å². The fourth-order valence-corrected chi connectivity index (χ4v) is 4.00. The largest absolute Gasteiger partial charge is 0.341 e. The van der Waals surface area contributed by atoms with Crippen LogP contribution in [0.1, 0.15) is 31.7 Å². The smallest absolute Gasteiger partial charge is 0.241 e. The number of benzene rings is 1. The van der Waals surface area contributed by atoms with Crippen LogP contribution in [0, 0.1) is 0 Å². The lowest BCUT2D eigenvalue weighted by Gasteiger charge is -2.24. The lowest BCUT2D eigenvalue weighted by atomic mass is 10.1. The van der Waals surface area contributed by atoms with Crippen LogP contribution in [0.5, 0.6) is 0 Å². The Bertz CT molecular complexity index is 581. The molecule has 1 amide bonds. The predicted molar refractivity (Wildman–Crippen MR) is 87.0 cm³/mol. The minimum atomic E-state index is -3.42. The zero-order valence-corrected chi connectivity index (χ0v) is 13.8. The van der Waals surface area contributed by atoms with E-state index in [1.165, 1.54) is 0 Å². The van der Waals surface area contributed by atoms with E-state index in [1.807, 2.05) is 37.3 Å². The summed E-state index contributed by atoms with van der Waals surface area (Å²) in [6.07, 6.45) is 2.90. The number of carbonyl (C=O) groups excluding carboxylic acids is 1. The average molecular weight is 324 g/mol. The van der Waals surface area contributed by atoms with Gasteiger partial charge in [0.15, 0.2) is 0 Å². The molecule has 22 heavy (non-hydrogen) atoms. The van der Waals surface area contributed by atoms with Gasteiger partial charge in [0.25, 0.3) is 0 Å². The maximum atomic E-state index is 12.6. The molecule has 0 aromatic heterocycles. The van der Waals surface area contributed by atoms with Gasteiger partial charge in [0.1, 0.15) is 6.04 Å². The van der Waals surface area contributed by atoms with E-state index < -0.39 is 16.1 Å². The standard InChI is InChI=1S/C16H24N2O3S/c1-2-12-22(20,21)17-15(13-14-8-4-3-5-9-14)16(19)18-10-6-7-11-18/h3-5,8-9,15,17H,2,6-7,10-13H2,1H3/t15-/m0/s1. The minimum Gasteiger partial charge on any atom is -0.341 e. The summed E-state index contributed by atoms with van der Waals surface area (Å²) in [4.78, 5) is 14.4. The van der Waals surface area contributed by atoms with E-state index in [-0.39, 0.29) is 11.7 Å². The van der Waals surface area contributed by atoms with Gasteiger partial charge in [0.05, 0.1) is 5.75 Å². The highest BCUT2D eigenvalue weighted by Gasteiger charge is 2.29. The molecule has 5 nitrogen and oxygen atoms in total. The predicted octanol–water partition coefficient (Wildman–Crippen LogP) is 1.55. The molecule has 1 atom stereocenters. The molecule has 1 heterocycles. The third kappa shape index (κ3) is 4.81. The first kappa shape index (κ1) is 17.0. The normalized spacial score (nSPS) is 16.7. The number of nitrogens with one attached hydrogen (secondary N) is 1. The van der Waals surface area contributed by atoms with Gasteiger partial charge in [-0.1, -0.05) is 37.3 Å². The number of rotatable bonds is 7. The first-order valence-electron chi connectivity index (χ1n) is 7.84. The number of likely N-dealkylation sites (tertiary alicyclic amines) is 1.